The van der Waals surface area contributed by atoms with Crippen LogP contribution < -0.4 is 5.32 Å². The van der Waals surface area contributed by atoms with E-state index in [1.54, 1.807) is 12.1 Å². The Balaban J connectivity index is 2.64. The summed E-state index contributed by atoms with van der Waals surface area (Å²) >= 11 is 5.63. The molecule has 1 unspecified atom stereocenters. The molecule has 0 aromatic heterocycles. The highest BCUT2D eigenvalue weighted by molar-refractivity contribution is 6.30. The molecule has 1 N–H and O–H groups in total. The van der Waals surface area contributed by atoms with Crippen LogP contribution in [0.15, 0.2) is 24.3 Å². The van der Waals surface area contributed by atoms with Crippen molar-refractivity contribution in [3.8, 4) is 0 Å². The summed E-state index contributed by atoms with van der Waals surface area (Å²) in [5, 5.41) is 2.84. The van der Waals surface area contributed by atoms with Gasteiger partial charge < -0.3 is 5.32 Å². The van der Waals surface area contributed by atoms with E-state index in [0.29, 0.717) is 5.56 Å². The lowest BCUT2D eigenvalue weighted by Crippen LogP contribution is -2.30. The molecule has 0 spiro atoms. The molecule has 0 aliphatic carbocycles. The van der Waals surface area contributed by atoms with Gasteiger partial charge in [-0.3, -0.25) is 4.79 Å². The molecule has 4 heteroatoms. The van der Waals surface area contributed by atoms with E-state index >= 15 is 0 Å². The predicted octanol–water partition coefficient (Wildman–Crippen LogP) is 3.41. The molecule has 0 aliphatic rings. The van der Waals surface area contributed by atoms with E-state index in [2.05, 4.69) is 5.32 Å². The Morgan fingerprint density at radius 1 is 1.59 bits per heavy atom. The van der Waals surface area contributed by atoms with Crippen molar-refractivity contribution in [2.24, 2.45) is 0 Å². The zero-order chi connectivity index (χ0) is 12.8. The summed E-state index contributed by atoms with van der Waals surface area (Å²) in [6, 6.07) is 4.45. The number of amides is 1. The Hall–Kier alpha value is -1.35. The molecule has 0 bridgehead atoms. The molecule has 1 atom stereocenters. The summed E-state index contributed by atoms with van der Waals surface area (Å²) in [6.45, 7) is 3.93. The molecule has 0 saturated carbocycles. The summed E-state index contributed by atoms with van der Waals surface area (Å²) in [6.07, 6.45) is 3.89. The van der Waals surface area contributed by atoms with Crippen molar-refractivity contribution in [3.63, 3.8) is 0 Å². The normalized spacial score (nSPS) is 12.7. The van der Waals surface area contributed by atoms with Gasteiger partial charge in [0.1, 0.15) is 5.82 Å². The average Bonchev–Trinajstić information content (AvgIpc) is 2.30. The molecule has 92 valence electrons. The summed E-state index contributed by atoms with van der Waals surface area (Å²) in [7, 11) is 0. The van der Waals surface area contributed by atoms with Crippen molar-refractivity contribution in [3.05, 3.63) is 40.7 Å². The number of hydrogen-bond acceptors (Lipinski definition) is 1. The Bertz CT molecular complexity index is 431. The fourth-order valence-electron chi connectivity index (χ4n) is 1.18. The lowest BCUT2D eigenvalue weighted by molar-refractivity contribution is -0.117. The molecular weight excluding hydrogens is 241 g/mol. The van der Waals surface area contributed by atoms with Crippen LogP contribution in [0.2, 0.25) is 5.02 Å². The molecule has 1 amide bonds. The first-order valence-corrected chi connectivity index (χ1v) is 5.84. The fourth-order valence-corrected chi connectivity index (χ4v) is 1.37. The molecule has 1 aromatic carbocycles. The summed E-state index contributed by atoms with van der Waals surface area (Å²) < 4.78 is 12.9. The van der Waals surface area contributed by atoms with Crippen LogP contribution in [0.4, 0.5) is 4.39 Å². The lowest BCUT2D eigenvalue weighted by Gasteiger charge is -2.08. The van der Waals surface area contributed by atoms with Gasteiger partial charge in [0.05, 0.1) is 5.02 Å². The first-order chi connectivity index (χ1) is 8.02. The van der Waals surface area contributed by atoms with Crippen LogP contribution in [0.5, 0.6) is 0 Å². The Morgan fingerprint density at radius 3 is 2.88 bits per heavy atom. The highest BCUT2D eigenvalue weighted by atomic mass is 35.5. The van der Waals surface area contributed by atoms with E-state index in [4.69, 9.17) is 11.6 Å². The molecule has 0 fully saturated rings. The minimum atomic E-state index is -0.465. The molecular formula is C13H15ClFNO. The smallest absolute Gasteiger partial charge is 0.244 e. The molecule has 1 rings (SSSR count). The fraction of sp³-hybridized carbons (Fsp3) is 0.308. The first kappa shape index (κ1) is 13.7. The predicted molar refractivity (Wildman–Crippen MR) is 68.3 cm³/mol. The molecule has 1 aromatic rings. The van der Waals surface area contributed by atoms with E-state index in [1.165, 1.54) is 18.2 Å². The molecule has 0 aliphatic heterocycles. The third-order valence-corrected chi connectivity index (χ3v) is 2.66. The second kappa shape index (κ2) is 6.40. The zero-order valence-electron chi connectivity index (χ0n) is 9.84. The van der Waals surface area contributed by atoms with E-state index in [0.717, 1.165) is 6.42 Å². The van der Waals surface area contributed by atoms with Crippen LogP contribution in [0, 0.1) is 5.82 Å². The number of halogens is 2. The maximum absolute atomic E-state index is 12.9. The van der Waals surface area contributed by atoms with Gasteiger partial charge in [0.15, 0.2) is 0 Å². The van der Waals surface area contributed by atoms with Crippen LogP contribution in [-0.2, 0) is 4.79 Å². The number of benzene rings is 1. The van der Waals surface area contributed by atoms with Crippen molar-refractivity contribution in [1.29, 1.82) is 0 Å². The highest BCUT2D eigenvalue weighted by Gasteiger charge is 2.02. The maximum Gasteiger partial charge on any atom is 0.244 e. The SMILES string of the molecule is CCC(C)NC(=O)/C=C/c1ccc(F)c(Cl)c1. The van der Waals surface area contributed by atoms with Crippen LogP contribution in [0.25, 0.3) is 6.08 Å². The van der Waals surface area contributed by atoms with Crippen molar-refractivity contribution < 1.29 is 9.18 Å². The number of nitrogens with one attached hydrogen (secondary N) is 1. The largest absolute Gasteiger partial charge is 0.350 e. The van der Waals surface area contributed by atoms with Crippen LogP contribution in [-0.4, -0.2) is 11.9 Å². The lowest BCUT2D eigenvalue weighted by atomic mass is 10.2. The molecule has 0 radical (unpaired) electrons. The monoisotopic (exact) mass is 255 g/mol. The van der Waals surface area contributed by atoms with E-state index in [1.807, 2.05) is 13.8 Å². The maximum atomic E-state index is 12.9. The minimum Gasteiger partial charge on any atom is -0.350 e. The summed E-state index contributed by atoms with van der Waals surface area (Å²) in [5.74, 6) is -0.632. The van der Waals surface area contributed by atoms with Gasteiger partial charge in [0.2, 0.25) is 5.91 Å². The molecule has 2 nitrogen and oxygen atoms in total. The van der Waals surface area contributed by atoms with Gasteiger partial charge >= 0.3 is 0 Å². The minimum absolute atomic E-state index is 0.0504. The second-order valence-corrected chi connectivity index (χ2v) is 4.23. The topological polar surface area (TPSA) is 29.1 Å². The van der Waals surface area contributed by atoms with Crippen LogP contribution in [0.3, 0.4) is 0 Å². The van der Waals surface area contributed by atoms with Gasteiger partial charge in [-0.05, 0) is 37.1 Å². The van der Waals surface area contributed by atoms with Gasteiger partial charge in [-0.1, -0.05) is 24.6 Å². The number of hydrogen-bond donors (Lipinski definition) is 1. The quantitative estimate of drug-likeness (QED) is 0.821. The van der Waals surface area contributed by atoms with E-state index in [-0.39, 0.29) is 17.0 Å². The standard InChI is InChI=1S/C13H15ClFNO/c1-3-9(2)16-13(17)7-5-10-4-6-12(15)11(14)8-10/h4-9H,3H2,1-2H3,(H,16,17)/b7-5+. The highest BCUT2D eigenvalue weighted by Crippen LogP contribution is 2.16. The van der Waals surface area contributed by atoms with Gasteiger partial charge in [-0.2, -0.15) is 0 Å². The van der Waals surface area contributed by atoms with E-state index < -0.39 is 5.82 Å². The van der Waals surface area contributed by atoms with Crippen molar-refractivity contribution in [1.82, 2.24) is 5.32 Å². The van der Waals surface area contributed by atoms with Crippen molar-refractivity contribution in [2.45, 2.75) is 26.3 Å². The summed E-state index contributed by atoms with van der Waals surface area (Å²) in [4.78, 5) is 11.4. The van der Waals surface area contributed by atoms with Gasteiger partial charge in [0, 0.05) is 12.1 Å². The average molecular weight is 256 g/mol. The van der Waals surface area contributed by atoms with Gasteiger partial charge in [-0.15, -0.1) is 0 Å². The number of carbonyl (C=O) groups excluding carboxylic acids is 1. The summed E-state index contributed by atoms with van der Waals surface area (Å²) in [5.41, 5.74) is 0.690. The molecule has 0 heterocycles. The first-order valence-electron chi connectivity index (χ1n) is 5.46. The van der Waals surface area contributed by atoms with Gasteiger partial charge in [0.25, 0.3) is 0 Å². The molecule has 17 heavy (non-hydrogen) atoms. The zero-order valence-corrected chi connectivity index (χ0v) is 10.6. The van der Waals surface area contributed by atoms with Crippen LogP contribution in [0.1, 0.15) is 25.8 Å². The van der Waals surface area contributed by atoms with Crippen LogP contribution >= 0.6 is 11.6 Å². The van der Waals surface area contributed by atoms with E-state index in [9.17, 15) is 9.18 Å². The van der Waals surface area contributed by atoms with Crippen molar-refractivity contribution >= 4 is 23.6 Å². The third kappa shape index (κ3) is 4.57. The Morgan fingerprint density at radius 2 is 2.29 bits per heavy atom. The Labute approximate surface area is 105 Å². The van der Waals surface area contributed by atoms with Gasteiger partial charge in [-0.25, -0.2) is 4.39 Å². The number of rotatable bonds is 4. The third-order valence-electron chi connectivity index (χ3n) is 2.37. The Kier molecular flexibility index (Phi) is 5.16. The second-order valence-electron chi connectivity index (χ2n) is 3.82. The number of carbonyl (C=O) groups is 1. The molecule has 0 saturated heterocycles. The van der Waals surface area contributed by atoms with Crippen molar-refractivity contribution in [2.75, 3.05) is 0 Å².